The quantitative estimate of drug-likeness (QED) is 0.831. The van der Waals surface area contributed by atoms with Gasteiger partial charge in [-0.3, -0.25) is 4.79 Å². The molecule has 1 aromatic heterocycles. The smallest absolute Gasteiger partial charge is 0.228 e. The van der Waals surface area contributed by atoms with Gasteiger partial charge in [0.2, 0.25) is 5.91 Å². The summed E-state index contributed by atoms with van der Waals surface area (Å²) in [5.41, 5.74) is 7.75. The van der Waals surface area contributed by atoms with Gasteiger partial charge in [-0.2, -0.15) is 5.26 Å². The predicted octanol–water partition coefficient (Wildman–Crippen LogP) is 2.92. The first kappa shape index (κ1) is 14.9. The maximum Gasteiger partial charge on any atom is 0.228 e. The van der Waals surface area contributed by atoms with Crippen molar-refractivity contribution in [3.63, 3.8) is 0 Å². The van der Waals surface area contributed by atoms with Crippen LogP contribution in [-0.4, -0.2) is 12.5 Å². The molecule has 0 bridgehead atoms. The SMILES string of the molecule is Cc1cc(N)ccc1OCCC(=O)Nc1sccc1C#N. The van der Waals surface area contributed by atoms with E-state index >= 15 is 0 Å². The van der Waals surface area contributed by atoms with Crippen LogP contribution in [0.5, 0.6) is 5.75 Å². The molecule has 0 aliphatic carbocycles. The van der Waals surface area contributed by atoms with Gasteiger partial charge in [0.15, 0.2) is 0 Å². The summed E-state index contributed by atoms with van der Waals surface area (Å²) in [7, 11) is 0. The van der Waals surface area contributed by atoms with Crippen LogP contribution >= 0.6 is 11.3 Å². The lowest BCUT2D eigenvalue weighted by Crippen LogP contribution is -2.15. The highest BCUT2D eigenvalue weighted by Crippen LogP contribution is 2.23. The first-order valence-electron chi connectivity index (χ1n) is 6.36. The molecule has 0 aliphatic heterocycles. The van der Waals surface area contributed by atoms with Gasteiger partial charge in [0.25, 0.3) is 0 Å². The second-order valence-electron chi connectivity index (χ2n) is 4.45. The van der Waals surface area contributed by atoms with Crippen LogP contribution in [0.15, 0.2) is 29.6 Å². The third kappa shape index (κ3) is 3.97. The van der Waals surface area contributed by atoms with Crippen LogP contribution in [0.25, 0.3) is 0 Å². The Bertz CT molecular complexity index is 688. The number of carbonyl (C=O) groups is 1. The monoisotopic (exact) mass is 301 g/mol. The number of nitrogens with two attached hydrogens (primary N) is 1. The number of nitrogens with zero attached hydrogens (tertiary/aromatic N) is 1. The average Bonchev–Trinajstić information content (AvgIpc) is 2.88. The molecule has 5 nitrogen and oxygen atoms in total. The summed E-state index contributed by atoms with van der Waals surface area (Å²) >= 11 is 1.33. The highest BCUT2D eigenvalue weighted by molar-refractivity contribution is 7.14. The lowest BCUT2D eigenvalue weighted by molar-refractivity contribution is -0.116. The third-order valence-corrected chi connectivity index (χ3v) is 3.65. The Morgan fingerprint density at radius 3 is 3.00 bits per heavy atom. The molecule has 0 radical (unpaired) electrons. The minimum absolute atomic E-state index is 0.179. The van der Waals surface area contributed by atoms with E-state index < -0.39 is 0 Å². The van der Waals surface area contributed by atoms with Gasteiger partial charge in [0.05, 0.1) is 18.6 Å². The minimum Gasteiger partial charge on any atom is -0.493 e. The predicted molar refractivity (Wildman–Crippen MR) is 83.4 cm³/mol. The van der Waals surface area contributed by atoms with E-state index in [0.717, 1.165) is 5.56 Å². The van der Waals surface area contributed by atoms with Crippen molar-refractivity contribution in [2.45, 2.75) is 13.3 Å². The number of amides is 1. The molecule has 2 aromatic rings. The fourth-order valence-corrected chi connectivity index (χ4v) is 2.53. The van der Waals surface area contributed by atoms with Crippen LogP contribution in [-0.2, 0) is 4.79 Å². The summed E-state index contributed by atoms with van der Waals surface area (Å²) in [6, 6.07) is 9.07. The summed E-state index contributed by atoms with van der Waals surface area (Å²) < 4.78 is 5.56. The van der Waals surface area contributed by atoms with E-state index in [0.29, 0.717) is 22.0 Å². The molecular formula is C15H15N3O2S. The van der Waals surface area contributed by atoms with Gasteiger partial charge in [-0.1, -0.05) is 0 Å². The van der Waals surface area contributed by atoms with Gasteiger partial charge < -0.3 is 15.8 Å². The van der Waals surface area contributed by atoms with Gasteiger partial charge in [-0.25, -0.2) is 0 Å². The second kappa shape index (κ2) is 6.77. The summed E-state index contributed by atoms with van der Waals surface area (Å²) in [5.74, 6) is 0.535. The Kier molecular flexibility index (Phi) is 4.80. The highest BCUT2D eigenvalue weighted by atomic mass is 32.1. The van der Waals surface area contributed by atoms with E-state index in [1.807, 2.05) is 19.1 Å². The molecule has 1 aromatic carbocycles. The van der Waals surface area contributed by atoms with Crippen molar-refractivity contribution < 1.29 is 9.53 Å². The second-order valence-corrected chi connectivity index (χ2v) is 5.36. The number of thiophene rings is 1. The first-order valence-corrected chi connectivity index (χ1v) is 7.24. The number of benzene rings is 1. The van der Waals surface area contributed by atoms with E-state index in [9.17, 15) is 4.79 Å². The van der Waals surface area contributed by atoms with Crippen molar-refractivity contribution >= 4 is 27.9 Å². The molecular weight excluding hydrogens is 286 g/mol. The number of nitriles is 1. The number of aryl methyl sites for hydroxylation is 1. The molecule has 0 saturated carbocycles. The summed E-state index contributed by atoms with van der Waals surface area (Å²) in [6.07, 6.45) is 0.215. The molecule has 0 saturated heterocycles. The number of hydrogen-bond acceptors (Lipinski definition) is 5. The zero-order valence-corrected chi connectivity index (χ0v) is 12.4. The maximum absolute atomic E-state index is 11.8. The molecule has 1 heterocycles. The zero-order valence-electron chi connectivity index (χ0n) is 11.6. The normalized spacial score (nSPS) is 9.90. The van der Waals surface area contributed by atoms with E-state index in [1.54, 1.807) is 23.6 Å². The van der Waals surface area contributed by atoms with Crippen LogP contribution in [0.3, 0.4) is 0 Å². The number of nitrogens with one attached hydrogen (secondary N) is 1. The molecule has 0 unspecified atom stereocenters. The van der Waals surface area contributed by atoms with Crippen LogP contribution in [0.1, 0.15) is 17.5 Å². The zero-order chi connectivity index (χ0) is 15.2. The Hall–Kier alpha value is -2.52. The van der Waals surface area contributed by atoms with Crippen molar-refractivity contribution in [3.05, 3.63) is 40.8 Å². The van der Waals surface area contributed by atoms with Gasteiger partial charge in [-0.15, -0.1) is 11.3 Å². The first-order chi connectivity index (χ1) is 10.1. The molecule has 108 valence electrons. The van der Waals surface area contributed by atoms with Gasteiger partial charge in [0, 0.05) is 5.69 Å². The van der Waals surface area contributed by atoms with Crippen molar-refractivity contribution in [2.24, 2.45) is 0 Å². The Morgan fingerprint density at radius 2 is 2.29 bits per heavy atom. The van der Waals surface area contributed by atoms with Crippen LogP contribution in [0.2, 0.25) is 0 Å². The van der Waals surface area contributed by atoms with Gasteiger partial charge >= 0.3 is 0 Å². The minimum atomic E-state index is -0.179. The average molecular weight is 301 g/mol. The number of rotatable bonds is 5. The molecule has 6 heteroatoms. The standard InChI is InChI=1S/C15H15N3O2S/c1-10-8-12(17)2-3-13(10)20-6-4-14(19)18-15-11(9-16)5-7-21-15/h2-3,5,7-8H,4,6,17H2,1H3,(H,18,19). The number of nitrogen functional groups attached to an aromatic ring is 1. The van der Waals surface area contributed by atoms with Crippen molar-refractivity contribution in [1.29, 1.82) is 5.26 Å². The van der Waals surface area contributed by atoms with E-state index in [4.69, 9.17) is 15.7 Å². The molecule has 21 heavy (non-hydrogen) atoms. The Balaban J connectivity index is 1.83. The third-order valence-electron chi connectivity index (χ3n) is 2.82. The molecule has 0 fully saturated rings. The van der Waals surface area contributed by atoms with Crippen molar-refractivity contribution in [3.8, 4) is 11.8 Å². The van der Waals surface area contributed by atoms with Gasteiger partial charge in [0.1, 0.15) is 16.8 Å². The Morgan fingerprint density at radius 1 is 1.48 bits per heavy atom. The maximum atomic E-state index is 11.8. The molecule has 0 aliphatic rings. The topological polar surface area (TPSA) is 88.1 Å². The lowest BCUT2D eigenvalue weighted by atomic mass is 10.2. The van der Waals surface area contributed by atoms with Crippen LogP contribution in [0, 0.1) is 18.3 Å². The molecule has 2 rings (SSSR count). The van der Waals surface area contributed by atoms with E-state index in [2.05, 4.69) is 5.32 Å². The summed E-state index contributed by atoms with van der Waals surface area (Å²) in [4.78, 5) is 11.8. The molecule has 1 amide bonds. The fourth-order valence-electron chi connectivity index (χ4n) is 1.77. The number of anilines is 2. The van der Waals surface area contributed by atoms with Crippen LogP contribution < -0.4 is 15.8 Å². The molecule has 0 spiro atoms. The number of ether oxygens (including phenoxy) is 1. The van der Waals surface area contributed by atoms with Crippen molar-refractivity contribution in [1.82, 2.24) is 0 Å². The highest BCUT2D eigenvalue weighted by Gasteiger charge is 2.08. The van der Waals surface area contributed by atoms with Gasteiger partial charge in [-0.05, 0) is 42.1 Å². The number of hydrogen-bond donors (Lipinski definition) is 2. The fraction of sp³-hybridized carbons (Fsp3) is 0.200. The summed E-state index contributed by atoms with van der Waals surface area (Å²) in [5, 5.41) is 13.9. The lowest BCUT2D eigenvalue weighted by Gasteiger charge is -2.09. The van der Waals surface area contributed by atoms with Crippen molar-refractivity contribution in [2.75, 3.05) is 17.7 Å². The Labute approximate surface area is 127 Å². The number of carbonyl (C=O) groups excluding carboxylic acids is 1. The van der Waals surface area contributed by atoms with E-state index in [-0.39, 0.29) is 18.9 Å². The van der Waals surface area contributed by atoms with E-state index in [1.165, 1.54) is 11.3 Å². The van der Waals surface area contributed by atoms with Crippen LogP contribution in [0.4, 0.5) is 10.7 Å². The molecule has 0 atom stereocenters. The molecule has 3 N–H and O–H groups in total. The summed E-state index contributed by atoms with van der Waals surface area (Å²) in [6.45, 7) is 2.17. The largest absolute Gasteiger partial charge is 0.493 e.